The molecule has 0 spiro atoms. The van der Waals surface area contributed by atoms with Gasteiger partial charge in [-0.05, 0) is 43.0 Å². The minimum Gasteiger partial charge on any atom is -0.481 e. The third kappa shape index (κ3) is 4.66. The Morgan fingerprint density at radius 3 is 2.59 bits per heavy atom. The Morgan fingerprint density at radius 1 is 1.21 bits per heavy atom. The fraction of sp³-hybridized carbons (Fsp3) is 0.318. The van der Waals surface area contributed by atoms with Crippen molar-refractivity contribution in [1.82, 2.24) is 19.7 Å². The Morgan fingerprint density at radius 2 is 1.94 bits per heavy atom. The number of H-pyrrole nitrogens is 1. The predicted octanol–water partition coefficient (Wildman–Crippen LogP) is 2.87. The quantitative estimate of drug-likeness (QED) is 0.369. The van der Waals surface area contributed by atoms with Crippen molar-refractivity contribution >= 4 is 32.2 Å². The molecule has 11 nitrogen and oxygen atoms in total. The maximum atomic E-state index is 12.7. The third-order valence-corrected chi connectivity index (χ3v) is 5.76. The molecule has 1 saturated heterocycles. The van der Waals surface area contributed by atoms with Crippen LogP contribution in [-0.4, -0.2) is 57.6 Å². The maximum absolute atomic E-state index is 12.7. The Hall–Kier alpha value is -3.32. The van der Waals surface area contributed by atoms with Crippen LogP contribution in [0.4, 0.5) is 0 Å². The number of benzene rings is 1. The van der Waals surface area contributed by atoms with Gasteiger partial charge in [-0.1, -0.05) is 12.1 Å². The average Bonchev–Trinajstić information content (AvgIpc) is 3.43. The molecule has 4 aromatic rings. The highest BCUT2D eigenvalue weighted by atomic mass is 32.3. The van der Waals surface area contributed by atoms with Gasteiger partial charge in [-0.15, -0.1) is 0 Å². The highest BCUT2D eigenvalue weighted by Gasteiger charge is 2.22. The van der Waals surface area contributed by atoms with E-state index in [4.69, 9.17) is 27.0 Å². The number of ether oxygens (including phenoxy) is 2. The van der Waals surface area contributed by atoms with Gasteiger partial charge in [0.05, 0.1) is 42.4 Å². The first-order valence-electron chi connectivity index (χ1n) is 10.4. The van der Waals surface area contributed by atoms with Gasteiger partial charge in [0.1, 0.15) is 0 Å². The van der Waals surface area contributed by atoms with Crippen molar-refractivity contribution in [2.45, 2.75) is 26.3 Å². The van der Waals surface area contributed by atoms with E-state index in [-0.39, 0.29) is 11.6 Å². The Kier molecular flexibility index (Phi) is 6.41. The Labute approximate surface area is 194 Å². The maximum Gasteiger partial charge on any atom is 0.394 e. The molecule has 1 aliphatic heterocycles. The first kappa shape index (κ1) is 23.8. The summed E-state index contributed by atoms with van der Waals surface area (Å²) in [7, 11) is -3.04. The van der Waals surface area contributed by atoms with Crippen molar-refractivity contribution < 1.29 is 27.0 Å². The van der Waals surface area contributed by atoms with Gasteiger partial charge in [0, 0.05) is 23.8 Å². The Bertz CT molecular complexity index is 1530. The molecule has 0 aliphatic carbocycles. The highest BCUT2D eigenvalue weighted by Crippen LogP contribution is 2.34. The molecule has 1 fully saturated rings. The van der Waals surface area contributed by atoms with Crippen LogP contribution >= 0.6 is 0 Å². The van der Waals surface area contributed by atoms with Crippen molar-refractivity contribution in [1.29, 1.82) is 0 Å². The molecule has 1 unspecified atom stereocenters. The van der Waals surface area contributed by atoms with E-state index in [1.165, 1.54) is 0 Å². The van der Waals surface area contributed by atoms with E-state index in [1.807, 2.05) is 30.8 Å². The van der Waals surface area contributed by atoms with Gasteiger partial charge < -0.3 is 14.5 Å². The molecule has 3 aromatic heterocycles. The molecule has 12 heteroatoms. The third-order valence-electron chi connectivity index (χ3n) is 5.76. The van der Waals surface area contributed by atoms with E-state index in [9.17, 15) is 4.79 Å². The molecule has 180 valence electrons. The van der Waals surface area contributed by atoms with Gasteiger partial charge in [0.2, 0.25) is 5.88 Å². The van der Waals surface area contributed by atoms with Crippen molar-refractivity contribution in [3.05, 3.63) is 52.1 Å². The first-order valence-corrected chi connectivity index (χ1v) is 11.8. The minimum atomic E-state index is -4.67. The van der Waals surface area contributed by atoms with Crippen LogP contribution in [0.1, 0.15) is 23.6 Å². The fourth-order valence-corrected chi connectivity index (χ4v) is 4.36. The molecule has 1 atom stereocenters. The summed E-state index contributed by atoms with van der Waals surface area (Å²) in [6.45, 7) is 5.37. The topological polar surface area (TPSA) is 157 Å². The molecule has 1 aliphatic rings. The number of fused-ring (bicyclic) bond motifs is 3. The molecular weight excluding hydrogens is 464 g/mol. The normalized spacial score (nSPS) is 16.0. The SMILES string of the molecule is COc1ncc(C)c(-c2ccc3c(c2)[nH]c(=O)c2cnn(C4CCOC4)c23)c1C.O=S(=O)(O)O. The number of aromatic nitrogens is 4. The molecule has 3 N–H and O–H groups in total. The second kappa shape index (κ2) is 9.14. The van der Waals surface area contributed by atoms with Crippen LogP contribution in [0.3, 0.4) is 0 Å². The van der Waals surface area contributed by atoms with E-state index in [2.05, 4.69) is 27.2 Å². The molecule has 0 amide bonds. The number of aromatic amines is 1. The number of rotatable bonds is 3. The summed E-state index contributed by atoms with van der Waals surface area (Å²) in [4.78, 5) is 20.1. The highest BCUT2D eigenvalue weighted by molar-refractivity contribution is 7.79. The second-order valence-electron chi connectivity index (χ2n) is 7.98. The Balaban J connectivity index is 0.000000499. The molecule has 0 saturated carbocycles. The zero-order valence-electron chi connectivity index (χ0n) is 18.8. The van der Waals surface area contributed by atoms with E-state index in [0.29, 0.717) is 17.9 Å². The van der Waals surface area contributed by atoms with Gasteiger partial charge in [-0.2, -0.15) is 13.5 Å². The number of methoxy groups -OCH3 is 1. The van der Waals surface area contributed by atoms with Crippen LogP contribution in [0.2, 0.25) is 0 Å². The van der Waals surface area contributed by atoms with Gasteiger partial charge in [0.25, 0.3) is 5.56 Å². The molecule has 4 heterocycles. The van der Waals surface area contributed by atoms with Crippen LogP contribution in [0.25, 0.3) is 32.9 Å². The number of hydrogen-bond donors (Lipinski definition) is 3. The smallest absolute Gasteiger partial charge is 0.394 e. The van der Waals surface area contributed by atoms with Crippen LogP contribution < -0.4 is 10.3 Å². The monoisotopic (exact) mass is 488 g/mol. The van der Waals surface area contributed by atoms with Crippen molar-refractivity contribution in [3.8, 4) is 17.0 Å². The molecule has 5 rings (SSSR count). The lowest BCUT2D eigenvalue weighted by Crippen LogP contribution is -2.12. The van der Waals surface area contributed by atoms with Crippen LogP contribution in [0.5, 0.6) is 5.88 Å². The molecule has 0 bridgehead atoms. The van der Waals surface area contributed by atoms with Crippen LogP contribution in [-0.2, 0) is 15.1 Å². The van der Waals surface area contributed by atoms with Gasteiger partial charge in [-0.3, -0.25) is 18.6 Å². The fourth-order valence-electron chi connectivity index (χ4n) is 4.36. The van der Waals surface area contributed by atoms with Gasteiger partial charge in [-0.25, -0.2) is 4.98 Å². The first-order chi connectivity index (χ1) is 16.1. The zero-order valence-corrected chi connectivity index (χ0v) is 19.6. The lowest BCUT2D eigenvalue weighted by Gasteiger charge is -2.14. The standard InChI is InChI=1S/C22H22N4O3.H2O4S/c1-12-9-23-22(28-3)13(2)19(12)14-4-5-16-18(8-14)25-21(27)17-10-24-26(20(16)17)15-6-7-29-11-15;1-5(2,3)4/h4-5,8-10,15H,6-7,11H2,1-3H3,(H,25,27);(H2,1,2,3,4). The predicted molar refractivity (Wildman–Crippen MR) is 126 cm³/mol. The molecule has 34 heavy (non-hydrogen) atoms. The summed E-state index contributed by atoms with van der Waals surface area (Å²) < 4.78 is 44.5. The van der Waals surface area contributed by atoms with E-state index in [1.54, 1.807) is 13.3 Å². The van der Waals surface area contributed by atoms with Gasteiger partial charge in [0.15, 0.2) is 0 Å². The summed E-state index contributed by atoms with van der Waals surface area (Å²) in [6.07, 6.45) is 4.37. The van der Waals surface area contributed by atoms with Crippen molar-refractivity contribution in [2.24, 2.45) is 0 Å². The lowest BCUT2D eigenvalue weighted by atomic mass is 9.96. The second-order valence-corrected chi connectivity index (χ2v) is 8.88. The number of nitrogens with one attached hydrogen (secondary N) is 1. The van der Waals surface area contributed by atoms with Crippen LogP contribution in [0, 0.1) is 13.8 Å². The van der Waals surface area contributed by atoms with Crippen molar-refractivity contribution in [2.75, 3.05) is 20.3 Å². The number of pyridine rings is 2. The largest absolute Gasteiger partial charge is 0.481 e. The number of nitrogens with zero attached hydrogens (tertiary/aromatic N) is 3. The molecule has 1 aromatic carbocycles. The summed E-state index contributed by atoms with van der Waals surface area (Å²) in [5.41, 5.74) is 5.64. The van der Waals surface area contributed by atoms with E-state index >= 15 is 0 Å². The minimum absolute atomic E-state index is 0.129. The van der Waals surface area contributed by atoms with Crippen LogP contribution in [0.15, 0.2) is 35.4 Å². The van der Waals surface area contributed by atoms with Crippen molar-refractivity contribution in [3.63, 3.8) is 0 Å². The van der Waals surface area contributed by atoms with Gasteiger partial charge >= 0.3 is 10.4 Å². The summed E-state index contributed by atoms with van der Waals surface area (Å²) >= 11 is 0. The van der Waals surface area contributed by atoms with E-state index in [0.717, 1.165) is 51.7 Å². The average molecular weight is 489 g/mol. The molecule has 0 radical (unpaired) electrons. The zero-order chi connectivity index (χ0) is 24.6. The lowest BCUT2D eigenvalue weighted by molar-refractivity contribution is 0.185. The van der Waals surface area contributed by atoms with E-state index < -0.39 is 10.4 Å². The summed E-state index contributed by atoms with van der Waals surface area (Å²) in [6, 6.07) is 6.32. The summed E-state index contributed by atoms with van der Waals surface area (Å²) in [5, 5.41) is 6.09. The number of hydrogen-bond acceptors (Lipinski definition) is 7. The number of aryl methyl sites for hydroxylation is 1. The molecular formula is C22H24N4O7S. The summed E-state index contributed by atoms with van der Waals surface area (Å²) in [5.74, 6) is 0.606.